The first kappa shape index (κ1) is 28.6. The highest BCUT2D eigenvalue weighted by Gasteiger charge is 2.29. The molecule has 2 aliphatic heterocycles. The fraction of sp³-hybridized carbons (Fsp3) is 0.500. The summed E-state index contributed by atoms with van der Waals surface area (Å²) in [7, 11) is -2.14. The van der Waals surface area contributed by atoms with E-state index in [9.17, 15) is 13.2 Å². The second-order valence-corrected chi connectivity index (χ2v) is 13.6. The van der Waals surface area contributed by atoms with Crippen LogP contribution in [0.15, 0.2) is 53.4 Å². The van der Waals surface area contributed by atoms with Crippen LogP contribution in [0.25, 0.3) is 22.2 Å². The van der Waals surface area contributed by atoms with E-state index in [4.69, 9.17) is 9.47 Å². The van der Waals surface area contributed by atoms with Gasteiger partial charge in [-0.15, -0.1) is 0 Å². The summed E-state index contributed by atoms with van der Waals surface area (Å²) >= 11 is 0. The Hall–Kier alpha value is -2.92. The van der Waals surface area contributed by atoms with Crippen molar-refractivity contribution in [1.29, 1.82) is 0 Å². The quantitative estimate of drug-likeness (QED) is 0.410. The number of hydrogen-bond donors (Lipinski definition) is 0. The van der Waals surface area contributed by atoms with Gasteiger partial charge in [0.25, 0.3) is 0 Å². The summed E-state index contributed by atoms with van der Waals surface area (Å²) in [5.74, 6) is 0. The zero-order valence-electron chi connectivity index (χ0n) is 23.9. The van der Waals surface area contributed by atoms with Crippen molar-refractivity contribution in [1.82, 2.24) is 13.8 Å². The average molecular weight is 569 g/mol. The smallest absolute Gasteiger partial charge is 0.419 e. The van der Waals surface area contributed by atoms with Crippen LogP contribution in [0, 0.1) is 0 Å². The Labute approximate surface area is 237 Å². The van der Waals surface area contributed by atoms with E-state index in [1.54, 1.807) is 23.7 Å². The maximum absolute atomic E-state index is 13.8. The first-order chi connectivity index (χ1) is 19.0. The van der Waals surface area contributed by atoms with Crippen LogP contribution < -0.4 is 4.90 Å². The van der Waals surface area contributed by atoms with Crippen LogP contribution in [-0.4, -0.2) is 93.4 Å². The third kappa shape index (κ3) is 6.05. The summed E-state index contributed by atoms with van der Waals surface area (Å²) in [4.78, 5) is 18.3. The van der Waals surface area contributed by atoms with Gasteiger partial charge in [-0.25, -0.2) is 17.8 Å². The third-order valence-electron chi connectivity index (χ3n) is 7.52. The van der Waals surface area contributed by atoms with E-state index in [-0.39, 0.29) is 4.90 Å². The van der Waals surface area contributed by atoms with Crippen molar-refractivity contribution >= 4 is 32.7 Å². The number of rotatable bonds is 7. The molecule has 0 saturated carbocycles. The molecule has 0 bridgehead atoms. The molecule has 0 N–H and O–H groups in total. The predicted octanol–water partition coefficient (Wildman–Crippen LogP) is 4.64. The van der Waals surface area contributed by atoms with Crippen molar-refractivity contribution in [2.24, 2.45) is 0 Å². The maximum atomic E-state index is 13.8. The van der Waals surface area contributed by atoms with Crippen LogP contribution in [0.1, 0.15) is 33.6 Å². The molecular formula is C30H40N4O5S. The van der Waals surface area contributed by atoms with Gasteiger partial charge in [-0.1, -0.05) is 18.2 Å². The van der Waals surface area contributed by atoms with E-state index in [0.29, 0.717) is 37.6 Å². The van der Waals surface area contributed by atoms with E-state index >= 15 is 0 Å². The lowest BCUT2D eigenvalue weighted by Crippen LogP contribution is -2.41. The normalized spacial score (nSPS) is 17.2. The first-order valence-electron chi connectivity index (χ1n) is 14.0. The molecule has 9 nitrogen and oxygen atoms in total. The van der Waals surface area contributed by atoms with Gasteiger partial charge >= 0.3 is 6.09 Å². The van der Waals surface area contributed by atoms with E-state index in [0.717, 1.165) is 55.6 Å². The summed E-state index contributed by atoms with van der Waals surface area (Å²) in [5, 5.41) is 0.881. The summed E-state index contributed by atoms with van der Waals surface area (Å²) in [5.41, 5.74) is 2.26. The number of nitrogens with zero attached hydrogens (tertiary/aromatic N) is 4. The van der Waals surface area contributed by atoms with Crippen LogP contribution >= 0.6 is 0 Å². The van der Waals surface area contributed by atoms with Gasteiger partial charge in [-0.05, 0) is 63.9 Å². The Kier molecular flexibility index (Phi) is 8.24. The number of sulfonamides is 1. The number of anilines is 1. The molecule has 40 heavy (non-hydrogen) atoms. The van der Waals surface area contributed by atoms with E-state index in [2.05, 4.69) is 9.80 Å². The second-order valence-electron chi connectivity index (χ2n) is 11.6. The zero-order valence-corrected chi connectivity index (χ0v) is 24.7. The Balaban J connectivity index is 1.58. The topological polar surface area (TPSA) is 84.3 Å². The number of likely N-dealkylation sites (N-methyl/N-ethyl adjacent to an activating group) is 1. The molecule has 0 unspecified atom stereocenters. The third-order valence-corrected chi connectivity index (χ3v) is 9.37. The van der Waals surface area contributed by atoms with Crippen LogP contribution in [0.3, 0.4) is 0 Å². The highest BCUT2D eigenvalue weighted by atomic mass is 32.2. The van der Waals surface area contributed by atoms with Crippen LogP contribution in [0.5, 0.6) is 0 Å². The molecule has 2 saturated heterocycles. The summed E-state index contributed by atoms with van der Waals surface area (Å²) in [6.07, 6.45) is 1.64. The number of benzene rings is 2. The highest BCUT2D eigenvalue weighted by Crippen LogP contribution is 2.38. The average Bonchev–Trinajstić information content (AvgIpc) is 3.59. The van der Waals surface area contributed by atoms with E-state index < -0.39 is 21.7 Å². The summed E-state index contributed by atoms with van der Waals surface area (Å²) in [6, 6.07) is 14.9. The molecule has 5 rings (SSSR count). The number of ether oxygens (including phenoxy) is 2. The van der Waals surface area contributed by atoms with E-state index in [1.807, 2.05) is 57.2 Å². The van der Waals surface area contributed by atoms with Crippen molar-refractivity contribution in [3.8, 4) is 11.3 Å². The first-order valence-corrected chi connectivity index (χ1v) is 15.5. The lowest BCUT2D eigenvalue weighted by Gasteiger charge is -2.28. The molecule has 3 heterocycles. The molecule has 0 aliphatic carbocycles. The molecule has 216 valence electrons. The number of morpholine rings is 1. The fourth-order valence-corrected chi connectivity index (χ4v) is 6.57. The lowest BCUT2D eigenvalue weighted by molar-refractivity contribution is 0.0368. The molecule has 10 heteroatoms. The number of carbonyl (C=O) groups excluding carboxylic acids is 1. The summed E-state index contributed by atoms with van der Waals surface area (Å²) < 4.78 is 41.8. The molecular weight excluding hydrogens is 528 g/mol. The maximum Gasteiger partial charge on any atom is 0.419 e. The fourth-order valence-electron chi connectivity index (χ4n) is 5.38. The SMILES string of the molecule is CN(CCN1CCOCC1)S(=O)(=O)c1ccc(N2CCCC2)c(-c2cc3ccccc3n2C(=O)OC(C)(C)C)c1. The van der Waals surface area contributed by atoms with Gasteiger partial charge in [0, 0.05) is 63.0 Å². The number of fused-ring (bicyclic) bond motifs is 1. The Morgan fingerprint density at radius 3 is 2.40 bits per heavy atom. The van der Waals surface area contributed by atoms with Crippen LogP contribution in [0.4, 0.5) is 10.5 Å². The molecule has 0 atom stereocenters. The van der Waals surface area contributed by atoms with Gasteiger partial charge in [0.15, 0.2) is 0 Å². The number of carbonyl (C=O) groups is 1. The van der Waals surface area contributed by atoms with Crippen LogP contribution in [-0.2, 0) is 19.5 Å². The highest BCUT2D eigenvalue weighted by molar-refractivity contribution is 7.89. The molecule has 0 amide bonds. The zero-order chi connectivity index (χ0) is 28.5. The minimum Gasteiger partial charge on any atom is -0.443 e. The van der Waals surface area contributed by atoms with Gasteiger partial charge in [0.1, 0.15) is 5.60 Å². The lowest BCUT2D eigenvalue weighted by atomic mass is 10.1. The van der Waals surface area contributed by atoms with Gasteiger partial charge in [-0.2, -0.15) is 4.31 Å². The molecule has 2 aliphatic rings. The predicted molar refractivity (Wildman–Crippen MR) is 158 cm³/mol. The van der Waals surface area contributed by atoms with E-state index in [1.165, 1.54) is 4.31 Å². The number of hydrogen-bond acceptors (Lipinski definition) is 7. The van der Waals surface area contributed by atoms with Gasteiger partial charge < -0.3 is 14.4 Å². The van der Waals surface area contributed by atoms with Crippen molar-refractivity contribution in [3.63, 3.8) is 0 Å². The van der Waals surface area contributed by atoms with Gasteiger partial charge in [0.2, 0.25) is 10.0 Å². The Morgan fingerprint density at radius 2 is 1.70 bits per heavy atom. The van der Waals surface area contributed by atoms with Gasteiger partial charge in [0.05, 0.1) is 29.3 Å². The monoisotopic (exact) mass is 568 g/mol. The summed E-state index contributed by atoms with van der Waals surface area (Å²) in [6.45, 7) is 11.2. The molecule has 3 aromatic rings. The van der Waals surface area contributed by atoms with Crippen molar-refractivity contribution in [2.75, 3.05) is 64.4 Å². The largest absolute Gasteiger partial charge is 0.443 e. The molecule has 2 fully saturated rings. The van der Waals surface area contributed by atoms with Crippen LogP contribution in [0.2, 0.25) is 0 Å². The van der Waals surface area contributed by atoms with Crippen molar-refractivity contribution in [3.05, 3.63) is 48.5 Å². The number of aromatic nitrogens is 1. The standard InChI is InChI=1S/C30H40N4O5S/c1-30(2,3)39-29(35)34-26-10-6-5-9-23(26)21-28(34)25-22-24(11-12-27(25)33-13-7-8-14-33)40(36,37)31(4)15-16-32-17-19-38-20-18-32/h5-6,9-12,21-22H,7-8,13-20H2,1-4H3. The molecule has 0 radical (unpaired) electrons. The Morgan fingerprint density at radius 1 is 1.00 bits per heavy atom. The minimum absolute atomic E-state index is 0.205. The Bertz CT molecular complexity index is 1460. The van der Waals surface area contributed by atoms with Crippen molar-refractivity contribution < 1.29 is 22.7 Å². The second kappa shape index (κ2) is 11.5. The molecule has 2 aromatic carbocycles. The van der Waals surface area contributed by atoms with Gasteiger partial charge in [-0.3, -0.25) is 4.90 Å². The molecule has 1 aromatic heterocycles. The molecule has 0 spiro atoms. The minimum atomic E-state index is -3.77. The van der Waals surface area contributed by atoms with Crippen molar-refractivity contribution in [2.45, 2.75) is 44.1 Å². The number of para-hydroxylation sites is 1.